The molecule has 1 aliphatic rings. The Bertz CT molecular complexity index is 809. The predicted molar refractivity (Wildman–Crippen MR) is 101 cm³/mol. The van der Waals surface area contributed by atoms with Gasteiger partial charge in [0.2, 0.25) is 0 Å². The lowest BCUT2D eigenvalue weighted by atomic mass is 10.1. The Morgan fingerprint density at radius 2 is 2.04 bits per heavy atom. The Balaban J connectivity index is 1.80. The number of hydrogen-bond donors (Lipinski definition) is 1. The number of carbonyl (C=O) groups excluding carboxylic acids is 1. The van der Waals surface area contributed by atoms with E-state index in [-0.39, 0.29) is 5.91 Å². The van der Waals surface area contributed by atoms with Crippen LogP contribution in [0.4, 0.5) is 0 Å². The summed E-state index contributed by atoms with van der Waals surface area (Å²) in [6.07, 6.45) is 3.60. The highest BCUT2D eigenvalue weighted by Crippen LogP contribution is 2.30. The lowest BCUT2D eigenvalue weighted by Crippen LogP contribution is -2.17. The van der Waals surface area contributed by atoms with Crippen molar-refractivity contribution >= 4 is 40.3 Å². The fourth-order valence-electron chi connectivity index (χ4n) is 2.50. The second-order valence-corrected chi connectivity index (χ2v) is 7.16. The molecule has 1 amide bonds. The van der Waals surface area contributed by atoms with Gasteiger partial charge in [-0.15, -0.1) is 0 Å². The maximum atomic E-state index is 11.8. The minimum atomic E-state index is -0.143. The van der Waals surface area contributed by atoms with Gasteiger partial charge in [0.25, 0.3) is 5.91 Å². The minimum absolute atomic E-state index is 0.143. The molecule has 1 aliphatic heterocycles. The number of benzene rings is 1. The monoisotopic (exact) mass is 356 g/mol. The molecule has 2 aromatic rings. The Morgan fingerprint density at radius 3 is 2.62 bits per heavy atom. The zero-order chi connectivity index (χ0) is 17.1. The molecule has 4 nitrogen and oxygen atoms in total. The van der Waals surface area contributed by atoms with Crippen molar-refractivity contribution < 1.29 is 9.53 Å². The molecule has 0 spiro atoms. The standard InChI is InChI=1S/C18H16N2O2S2/c1-11-7-13(9-15-17(21)20-18(23)24-15)8-12(2)16(11)22-10-14-5-3-4-6-19-14/h3-9H,10H2,1-2H3,(H,20,21,23)/b15-9+. The average molecular weight is 356 g/mol. The van der Waals surface area contributed by atoms with Crippen LogP contribution in [0.2, 0.25) is 0 Å². The topological polar surface area (TPSA) is 51.2 Å². The van der Waals surface area contributed by atoms with Crippen molar-refractivity contribution in [3.8, 4) is 5.75 Å². The number of thioether (sulfide) groups is 1. The normalized spacial score (nSPS) is 15.7. The summed E-state index contributed by atoms with van der Waals surface area (Å²) in [5.74, 6) is 0.706. The molecule has 3 rings (SSSR count). The molecule has 0 saturated carbocycles. The molecule has 0 aliphatic carbocycles. The lowest BCUT2D eigenvalue weighted by Gasteiger charge is -2.13. The maximum Gasteiger partial charge on any atom is 0.263 e. The molecule has 1 fully saturated rings. The number of pyridine rings is 1. The summed E-state index contributed by atoms with van der Waals surface area (Å²) in [5, 5.41) is 2.62. The molecule has 6 heteroatoms. The third kappa shape index (κ3) is 3.83. The molecular weight excluding hydrogens is 340 g/mol. The van der Waals surface area contributed by atoms with Crippen molar-refractivity contribution in [3.05, 3.63) is 63.8 Å². The van der Waals surface area contributed by atoms with Crippen molar-refractivity contribution in [2.24, 2.45) is 0 Å². The van der Waals surface area contributed by atoms with Crippen LogP contribution in [-0.2, 0) is 11.4 Å². The van der Waals surface area contributed by atoms with E-state index in [0.717, 1.165) is 28.1 Å². The highest BCUT2D eigenvalue weighted by molar-refractivity contribution is 8.26. The number of nitrogens with one attached hydrogen (secondary N) is 1. The molecule has 1 N–H and O–H groups in total. The Labute approximate surface area is 150 Å². The summed E-state index contributed by atoms with van der Waals surface area (Å²) in [6, 6.07) is 9.76. The number of nitrogens with zero attached hydrogens (tertiary/aromatic N) is 1. The first kappa shape index (κ1) is 16.7. The zero-order valence-corrected chi connectivity index (χ0v) is 15.0. The van der Waals surface area contributed by atoms with E-state index in [1.54, 1.807) is 6.20 Å². The summed E-state index contributed by atoms with van der Waals surface area (Å²) >= 11 is 6.29. The van der Waals surface area contributed by atoms with Gasteiger partial charge in [-0.05, 0) is 60.9 Å². The van der Waals surface area contributed by atoms with Crippen LogP contribution < -0.4 is 10.1 Å². The van der Waals surface area contributed by atoms with Crippen LogP contribution in [0.1, 0.15) is 22.4 Å². The van der Waals surface area contributed by atoms with Crippen LogP contribution in [0.5, 0.6) is 5.75 Å². The van der Waals surface area contributed by atoms with Crippen LogP contribution in [0, 0.1) is 13.8 Å². The molecule has 1 aromatic heterocycles. The quantitative estimate of drug-likeness (QED) is 0.668. The first-order valence-corrected chi connectivity index (χ1v) is 8.64. The van der Waals surface area contributed by atoms with Gasteiger partial charge < -0.3 is 10.1 Å². The summed E-state index contributed by atoms with van der Waals surface area (Å²) in [6.45, 7) is 4.42. The minimum Gasteiger partial charge on any atom is -0.487 e. The molecule has 0 bridgehead atoms. The number of aromatic nitrogens is 1. The van der Waals surface area contributed by atoms with Crippen LogP contribution in [0.15, 0.2) is 41.4 Å². The fraction of sp³-hybridized carbons (Fsp3) is 0.167. The van der Waals surface area contributed by atoms with Gasteiger partial charge in [-0.1, -0.05) is 30.0 Å². The number of rotatable bonds is 4. The first-order valence-electron chi connectivity index (χ1n) is 7.42. The number of ether oxygens (including phenoxy) is 1. The number of aryl methyl sites for hydroxylation is 2. The molecule has 24 heavy (non-hydrogen) atoms. The number of carbonyl (C=O) groups is 1. The molecule has 1 aromatic carbocycles. The second-order valence-electron chi connectivity index (χ2n) is 5.45. The van der Waals surface area contributed by atoms with Crippen LogP contribution >= 0.6 is 24.0 Å². The largest absolute Gasteiger partial charge is 0.487 e. The maximum absolute atomic E-state index is 11.8. The smallest absolute Gasteiger partial charge is 0.263 e. The van der Waals surface area contributed by atoms with E-state index in [1.807, 2.05) is 50.3 Å². The Kier molecular flexibility index (Phi) is 4.97. The van der Waals surface area contributed by atoms with Crippen LogP contribution in [-0.4, -0.2) is 15.2 Å². The van der Waals surface area contributed by atoms with Crippen LogP contribution in [0.3, 0.4) is 0 Å². The van der Waals surface area contributed by atoms with Crippen molar-refractivity contribution in [3.63, 3.8) is 0 Å². The Morgan fingerprint density at radius 1 is 1.29 bits per heavy atom. The van der Waals surface area contributed by atoms with Gasteiger partial charge in [0.05, 0.1) is 10.6 Å². The summed E-state index contributed by atoms with van der Waals surface area (Å²) in [5.41, 5.74) is 3.88. The fourth-order valence-corrected chi connectivity index (χ4v) is 3.54. The van der Waals surface area contributed by atoms with Crippen LogP contribution in [0.25, 0.3) is 6.08 Å². The average Bonchev–Trinajstić information content (AvgIpc) is 2.85. The molecule has 0 atom stereocenters. The Hall–Kier alpha value is -2.18. The van der Waals surface area contributed by atoms with Gasteiger partial charge in [0.15, 0.2) is 0 Å². The third-order valence-corrected chi connectivity index (χ3v) is 4.68. The highest BCUT2D eigenvalue weighted by atomic mass is 32.2. The summed E-state index contributed by atoms with van der Waals surface area (Å²) in [7, 11) is 0. The number of thiocarbonyl (C=S) groups is 1. The second kappa shape index (κ2) is 7.15. The van der Waals surface area contributed by atoms with Crippen molar-refractivity contribution in [1.29, 1.82) is 0 Å². The van der Waals surface area contributed by atoms with E-state index in [4.69, 9.17) is 17.0 Å². The number of amides is 1. The first-order chi connectivity index (χ1) is 11.5. The van der Waals surface area contributed by atoms with E-state index in [1.165, 1.54) is 11.8 Å². The van der Waals surface area contributed by atoms with E-state index in [2.05, 4.69) is 10.3 Å². The van der Waals surface area contributed by atoms with E-state index in [9.17, 15) is 4.79 Å². The van der Waals surface area contributed by atoms with Gasteiger partial charge in [0, 0.05) is 6.20 Å². The van der Waals surface area contributed by atoms with Gasteiger partial charge >= 0.3 is 0 Å². The zero-order valence-electron chi connectivity index (χ0n) is 13.3. The lowest BCUT2D eigenvalue weighted by molar-refractivity contribution is -0.115. The summed E-state index contributed by atoms with van der Waals surface area (Å²) in [4.78, 5) is 16.6. The molecule has 122 valence electrons. The van der Waals surface area contributed by atoms with Gasteiger partial charge in [0.1, 0.15) is 16.7 Å². The van der Waals surface area contributed by atoms with E-state index < -0.39 is 0 Å². The highest BCUT2D eigenvalue weighted by Gasteiger charge is 2.22. The third-order valence-electron chi connectivity index (χ3n) is 3.51. The van der Waals surface area contributed by atoms with E-state index in [0.29, 0.717) is 15.8 Å². The van der Waals surface area contributed by atoms with Crippen molar-refractivity contribution in [2.75, 3.05) is 0 Å². The summed E-state index contributed by atoms with van der Waals surface area (Å²) < 4.78 is 6.42. The van der Waals surface area contributed by atoms with Crippen molar-refractivity contribution in [2.45, 2.75) is 20.5 Å². The van der Waals surface area contributed by atoms with Gasteiger partial charge in [-0.25, -0.2) is 0 Å². The van der Waals surface area contributed by atoms with E-state index >= 15 is 0 Å². The molecule has 0 unspecified atom stereocenters. The molecule has 2 heterocycles. The van der Waals surface area contributed by atoms with Crippen molar-refractivity contribution in [1.82, 2.24) is 10.3 Å². The number of hydrogen-bond acceptors (Lipinski definition) is 5. The molecule has 1 saturated heterocycles. The molecule has 0 radical (unpaired) electrons. The van der Waals surface area contributed by atoms with Gasteiger partial charge in [-0.3, -0.25) is 9.78 Å². The van der Waals surface area contributed by atoms with Gasteiger partial charge in [-0.2, -0.15) is 0 Å². The SMILES string of the molecule is Cc1cc(/C=C2/SC(=S)NC2=O)cc(C)c1OCc1ccccn1. The molecular formula is C18H16N2O2S2. The predicted octanol–water partition coefficient (Wildman–Crippen LogP) is 3.77.